The van der Waals surface area contributed by atoms with Gasteiger partial charge < -0.3 is 10.1 Å². The first-order valence-corrected chi connectivity index (χ1v) is 11.6. The molecule has 6 nitrogen and oxygen atoms in total. The van der Waals surface area contributed by atoms with Gasteiger partial charge in [-0.1, -0.05) is 30.3 Å². The summed E-state index contributed by atoms with van der Waals surface area (Å²) in [6.45, 7) is 8.71. The average molecular weight is 429 g/mol. The van der Waals surface area contributed by atoms with Crippen LogP contribution in [0.2, 0.25) is 0 Å². The van der Waals surface area contributed by atoms with E-state index in [0.29, 0.717) is 17.5 Å². The number of aryl methyl sites for hydroxylation is 2. The van der Waals surface area contributed by atoms with Crippen molar-refractivity contribution in [2.45, 2.75) is 51.2 Å². The molecule has 0 saturated carbocycles. The largest absolute Gasteiger partial charge is 0.497 e. The van der Waals surface area contributed by atoms with Crippen LogP contribution in [0.25, 0.3) is 0 Å². The standard InChI is InChI=1S/C23H32N4O2S/c1-16-17(2)25-23(26-18(16)3)30-15-22(28)24-14-21(27-12-6-5-7-13-27)19-8-10-20(29-4)11-9-19/h8-11,21H,5-7,12-15H2,1-4H3,(H,24,28). The van der Waals surface area contributed by atoms with E-state index in [9.17, 15) is 4.79 Å². The molecule has 7 heteroatoms. The van der Waals surface area contributed by atoms with Gasteiger partial charge in [-0.25, -0.2) is 9.97 Å². The fourth-order valence-corrected chi connectivity index (χ4v) is 4.48. The Hall–Kier alpha value is -2.12. The Morgan fingerprint density at radius 1 is 1.10 bits per heavy atom. The van der Waals surface area contributed by atoms with Crippen molar-refractivity contribution in [1.29, 1.82) is 0 Å². The van der Waals surface area contributed by atoms with Gasteiger partial charge >= 0.3 is 0 Å². The average Bonchev–Trinajstić information content (AvgIpc) is 2.77. The SMILES string of the molecule is COc1ccc(C(CNC(=O)CSc2nc(C)c(C)c(C)n2)N2CCCCC2)cc1. The highest BCUT2D eigenvalue weighted by molar-refractivity contribution is 7.99. The van der Waals surface area contributed by atoms with E-state index >= 15 is 0 Å². The molecule has 1 aliphatic heterocycles. The lowest BCUT2D eigenvalue weighted by Gasteiger charge is -2.35. The predicted octanol–water partition coefficient (Wildman–Crippen LogP) is 3.85. The van der Waals surface area contributed by atoms with E-state index in [1.807, 2.05) is 32.9 Å². The van der Waals surface area contributed by atoms with Crippen molar-refractivity contribution in [3.8, 4) is 5.75 Å². The maximum atomic E-state index is 12.5. The smallest absolute Gasteiger partial charge is 0.230 e. The summed E-state index contributed by atoms with van der Waals surface area (Å²) >= 11 is 1.39. The number of thioether (sulfide) groups is 1. The van der Waals surface area contributed by atoms with Crippen LogP contribution in [0, 0.1) is 20.8 Å². The fourth-order valence-electron chi connectivity index (χ4n) is 3.71. The third-order valence-corrected chi connectivity index (χ3v) is 6.62. The zero-order valence-electron chi connectivity index (χ0n) is 18.4. The molecule has 1 amide bonds. The van der Waals surface area contributed by atoms with E-state index in [2.05, 4.69) is 32.3 Å². The summed E-state index contributed by atoms with van der Waals surface area (Å²) < 4.78 is 5.29. The van der Waals surface area contributed by atoms with Gasteiger partial charge in [0.2, 0.25) is 5.91 Å². The predicted molar refractivity (Wildman–Crippen MR) is 121 cm³/mol. The molecule has 0 spiro atoms. The van der Waals surface area contributed by atoms with Gasteiger partial charge in [0.05, 0.1) is 18.9 Å². The Kier molecular flexibility index (Phi) is 8.10. The molecule has 162 valence electrons. The number of nitrogens with one attached hydrogen (secondary N) is 1. The lowest BCUT2D eigenvalue weighted by molar-refractivity contribution is -0.118. The zero-order valence-corrected chi connectivity index (χ0v) is 19.2. The minimum atomic E-state index is 0.00926. The summed E-state index contributed by atoms with van der Waals surface area (Å²) in [6.07, 6.45) is 3.70. The number of likely N-dealkylation sites (tertiary alicyclic amines) is 1. The number of methoxy groups -OCH3 is 1. The van der Waals surface area contributed by atoms with Crippen molar-refractivity contribution >= 4 is 17.7 Å². The van der Waals surface area contributed by atoms with Crippen LogP contribution in [0.5, 0.6) is 5.75 Å². The van der Waals surface area contributed by atoms with E-state index in [1.54, 1.807) is 7.11 Å². The molecule has 1 unspecified atom stereocenters. The molecule has 1 N–H and O–H groups in total. The summed E-state index contributed by atoms with van der Waals surface area (Å²) in [5.74, 6) is 1.17. The number of ether oxygens (including phenoxy) is 1. The Morgan fingerprint density at radius 2 is 1.73 bits per heavy atom. The highest BCUT2D eigenvalue weighted by Crippen LogP contribution is 2.26. The monoisotopic (exact) mass is 428 g/mol. The zero-order chi connectivity index (χ0) is 21.5. The first-order valence-electron chi connectivity index (χ1n) is 10.6. The molecule has 30 heavy (non-hydrogen) atoms. The Morgan fingerprint density at radius 3 is 2.33 bits per heavy atom. The molecule has 0 bridgehead atoms. The van der Waals surface area contributed by atoms with Gasteiger partial charge in [-0.05, 0) is 70.0 Å². The van der Waals surface area contributed by atoms with Crippen molar-refractivity contribution in [1.82, 2.24) is 20.2 Å². The van der Waals surface area contributed by atoms with Gasteiger partial charge in [0.1, 0.15) is 5.75 Å². The summed E-state index contributed by atoms with van der Waals surface area (Å²) in [5.41, 5.74) is 4.25. The number of hydrogen-bond acceptors (Lipinski definition) is 6. The van der Waals surface area contributed by atoms with Gasteiger partial charge in [0.15, 0.2) is 5.16 Å². The lowest BCUT2D eigenvalue weighted by Crippen LogP contribution is -2.41. The fraction of sp³-hybridized carbons (Fsp3) is 0.522. The highest BCUT2D eigenvalue weighted by atomic mass is 32.2. The van der Waals surface area contributed by atoms with Crippen molar-refractivity contribution in [2.24, 2.45) is 0 Å². The van der Waals surface area contributed by atoms with Crippen molar-refractivity contribution in [3.63, 3.8) is 0 Å². The normalized spacial score (nSPS) is 15.6. The Bertz CT molecular complexity index is 828. The van der Waals surface area contributed by atoms with E-state index in [-0.39, 0.29) is 11.9 Å². The quantitative estimate of drug-likeness (QED) is 0.509. The molecular formula is C23H32N4O2S. The summed E-state index contributed by atoms with van der Waals surface area (Å²) in [5, 5.41) is 3.79. The topological polar surface area (TPSA) is 67.3 Å². The van der Waals surface area contributed by atoms with E-state index in [4.69, 9.17) is 4.74 Å². The van der Waals surface area contributed by atoms with Crippen LogP contribution in [0.4, 0.5) is 0 Å². The van der Waals surface area contributed by atoms with Crippen molar-refractivity contribution < 1.29 is 9.53 Å². The van der Waals surface area contributed by atoms with E-state index in [1.165, 1.54) is 36.6 Å². The number of rotatable bonds is 8. The van der Waals surface area contributed by atoms with Crippen LogP contribution in [-0.4, -0.2) is 53.3 Å². The van der Waals surface area contributed by atoms with Crippen LogP contribution in [0.15, 0.2) is 29.4 Å². The molecular weight excluding hydrogens is 396 g/mol. The molecule has 2 heterocycles. The van der Waals surface area contributed by atoms with Crippen LogP contribution < -0.4 is 10.1 Å². The first kappa shape index (κ1) is 22.6. The van der Waals surface area contributed by atoms with Gasteiger partial charge in [-0.3, -0.25) is 9.69 Å². The number of carbonyl (C=O) groups is 1. The Balaban J connectivity index is 1.60. The number of nitrogens with zero attached hydrogens (tertiary/aromatic N) is 3. The first-order chi connectivity index (χ1) is 14.5. The molecule has 0 aliphatic carbocycles. The molecule has 3 rings (SSSR count). The maximum absolute atomic E-state index is 12.5. The van der Waals surface area contributed by atoms with Crippen LogP contribution in [0.3, 0.4) is 0 Å². The van der Waals surface area contributed by atoms with Gasteiger partial charge in [0, 0.05) is 17.9 Å². The summed E-state index contributed by atoms with van der Waals surface area (Å²) in [7, 11) is 1.68. The molecule has 1 saturated heterocycles. The van der Waals surface area contributed by atoms with Crippen LogP contribution >= 0.6 is 11.8 Å². The van der Waals surface area contributed by atoms with Crippen molar-refractivity contribution in [3.05, 3.63) is 46.8 Å². The molecule has 1 atom stereocenters. The number of amides is 1. The highest BCUT2D eigenvalue weighted by Gasteiger charge is 2.23. The number of aromatic nitrogens is 2. The van der Waals surface area contributed by atoms with Crippen LogP contribution in [0.1, 0.15) is 47.8 Å². The van der Waals surface area contributed by atoms with E-state index in [0.717, 1.165) is 35.8 Å². The second-order valence-corrected chi connectivity index (χ2v) is 8.72. The van der Waals surface area contributed by atoms with Gasteiger partial charge in [-0.15, -0.1) is 0 Å². The van der Waals surface area contributed by atoms with Gasteiger partial charge in [0.25, 0.3) is 0 Å². The maximum Gasteiger partial charge on any atom is 0.230 e. The van der Waals surface area contributed by atoms with Crippen LogP contribution in [-0.2, 0) is 4.79 Å². The summed E-state index contributed by atoms with van der Waals surface area (Å²) in [4.78, 5) is 24.0. The molecule has 1 fully saturated rings. The van der Waals surface area contributed by atoms with E-state index < -0.39 is 0 Å². The minimum absolute atomic E-state index is 0.00926. The lowest BCUT2D eigenvalue weighted by atomic mass is 10.0. The minimum Gasteiger partial charge on any atom is -0.497 e. The third-order valence-electron chi connectivity index (χ3n) is 5.77. The molecule has 1 aromatic heterocycles. The molecule has 2 aromatic rings. The summed E-state index contributed by atoms with van der Waals surface area (Å²) in [6, 6.07) is 8.35. The van der Waals surface area contributed by atoms with Gasteiger partial charge in [-0.2, -0.15) is 0 Å². The molecule has 1 aliphatic rings. The molecule has 0 radical (unpaired) electrons. The number of hydrogen-bond donors (Lipinski definition) is 1. The number of carbonyl (C=O) groups excluding carboxylic acids is 1. The number of benzene rings is 1. The second-order valence-electron chi connectivity index (χ2n) is 7.78. The second kappa shape index (κ2) is 10.8. The Labute approximate surface area is 183 Å². The van der Waals surface area contributed by atoms with Crippen molar-refractivity contribution in [2.75, 3.05) is 32.5 Å². The number of piperidine rings is 1. The third kappa shape index (κ3) is 5.95. The molecule has 1 aromatic carbocycles.